The second kappa shape index (κ2) is 7.72. The lowest BCUT2D eigenvalue weighted by Gasteiger charge is -2.10. The molecule has 0 N–H and O–H groups in total. The first-order valence-corrected chi connectivity index (χ1v) is 13.7. The summed E-state index contributed by atoms with van der Waals surface area (Å²) in [6, 6.07) is 30.5. The summed E-state index contributed by atoms with van der Waals surface area (Å²) in [5.41, 5.74) is 7.67. The molecule has 9 aromatic rings. The van der Waals surface area contributed by atoms with E-state index in [1.807, 2.05) is 48.4 Å². The van der Waals surface area contributed by atoms with Crippen LogP contribution in [0.3, 0.4) is 0 Å². The Hall–Kier alpha value is -5.07. The van der Waals surface area contributed by atoms with Crippen molar-refractivity contribution in [3.63, 3.8) is 0 Å². The third-order valence-electron chi connectivity index (χ3n) is 7.75. The molecule has 39 heavy (non-hydrogen) atoms. The lowest BCUT2D eigenvalue weighted by molar-refractivity contribution is 1.16. The van der Waals surface area contributed by atoms with E-state index in [0.29, 0.717) is 0 Å². The van der Waals surface area contributed by atoms with E-state index in [1.165, 1.54) is 20.2 Å². The number of fused-ring (bicyclic) bond motifs is 9. The Morgan fingerprint density at radius 2 is 1.15 bits per heavy atom. The van der Waals surface area contributed by atoms with Gasteiger partial charge in [-0.2, -0.15) is 0 Å². The molecular formula is C33H19N5S. The fraction of sp³-hybridized carbons (Fsp3) is 0. The topological polar surface area (TPSA) is 48.5 Å². The zero-order valence-electron chi connectivity index (χ0n) is 20.6. The Morgan fingerprint density at radius 3 is 1.97 bits per heavy atom. The third-order valence-corrected chi connectivity index (χ3v) is 8.90. The van der Waals surface area contributed by atoms with E-state index >= 15 is 0 Å². The van der Waals surface area contributed by atoms with Gasteiger partial charge in [-0.25, -0.2) is 0 Å². The smallest absolute Gasteiger partial charge is 0.0964 e. The van der Waals surface area contributed by atoms with Crippen LogP contribution in [0.1, 0.15) is 0 Å². The Bertz CT molecular complexity index is 2360. The summed E-state index contributed by atoms with van der Waals surface area (Å²) in [5.74, 6) is 0. The van der Waals surface area contributed by atoms with Crippen molar-refractivity contribution in [3.8, 4) is 11.4 Å². The molecule has 0 saturated heterocycles. The highest BCUT2D eigenvalue weighted by Crippen LogP contribution is 2.38. The van der Waals surface area contributed by atoms with Crippen molar-refractivity contribution in [1.29, 1.82) is 0 Å². The highest BCUT2D eigenvalue weighted by molar-refractivity contribution is 7.25. The van der Waals surface area contributed by atoms with Crippen LogP contribution in [-0.2, 0) is 0 Å². The quantitative estimate of drug-likeness (QED) is 0.231. The van der Waals surface area contributed by atoms with Crippen molar-refractivity contribution in [2.75, 3.05) is 0 Å². The van der Waals surface area contributed by atoms with Crippen molar-refractivity contribution < 1.29 is 0 Å². The first-order valence-electron chi connectivity index (χ1n) is 12.8. The molecule has 0 saturated carbocycles. The predicted octanol–water partition coefficient (Wildman–Crippen LogP) is 8.43. The summed E-state index contributed by atoms with van der Waals surface area (Å²) in [4.78, 5) is 13.6. The number of aromatic nitrogens is 5. The molecule has 0 atom stereocenters. The van der Waals surface area contributed by atoms with Gasteiger partial charge in [-0.15, -0.1) is 11.3 Å². The molecular weight excluding hydrogens is 498 g/mol. The molecule has 0 spiro atoms. The fourth-order valence-electron chi connectivity index (χ4n) is 6.08. The second-order valence-electron chi connectivity index (χ2n) is 9.81. The van der Waals surface area contributed by atoms with Crippen molar-refractivity contribution >= 4 is 75.3 Å². The zero-order valence-corrected chi connectivity index (χ0v) is 21.4. The van der Waals surface area contributed by atoms with Crippen LogP contribution in [0.15, 0.2) is 116 Å². The Morgan fingerprint density at radius 1 is 0.487 bits per heavy atom. The maximum Gasteiger partial charge on any atom is 0.0964 e. The van der Waals surface area contributed by atoms with Gasteiger partial charge in [-0.05, 0) is 66.7 Å². The van der Waals surface area contributed by atoms with Crippen molar-refractivity contribution in [2.45, 2.75) is 0 Å². The van der Waals surface area contributed by atoms with Gasteiger partial charge in [0.15, 0.2) is 0 Å². The van der Waals surface area contributed by atoms with E-state index in [2.05, 4.69) is 98.0 Å². The monoisotopic (exact) mass is 517 g/mol. The lowest BCUT2D eigenvalue weighted by Crippen LogP contribution is -1.96. The van der Waals surface area contributed by atoms with E-state index in [9.17, 15) is 0 Å². The lowest BCUT2D eigenvalue weighted by atomic mass is 10.1. The Balaban J connectivity index is 1.34. The van der Waals surface area contributed by atoms with Crippen LogP contribution < -0.4 is 0 Å². The predicted molar refractivity (Wildman–Crippen MR) is 161 cm³/mol. The SMILES string of the molecule is c1ccc2c(c1)sc1ccc(-n3c4ccc(-n5c6ccncc6c6cnccc65)cc4c4ncccc43)cc12. The number of benzene rings is 3. The van der Waals surface area contributed by atoms with Crippen LogP contribution in [-0.4, -0.2) is 24.1 Å². The summed E-state index contributed by atoms with van der Waals surface area (Å²) in [6.45, 7) is 0. The molecule has 6 heteroatoms. The van der Waals surface area contributed by atoms with Crippen LogP contribution >= 0.6 is 11.3 Å². The van der Waals surface area contributed by atoms with Gasteiger partial charge < -0.3 is 9.13 Å². The highest BCUT2D eigenvalue weighted by Gasteiger charge is 2.17. The van der Waals surface area contributed by atoms with E-state index in [1.54, 1.807) is 0 Å². The standard InChI is InChI=1S/C33H19N5S/c1-2-6-31-22(4-1)23-16-21(8-10-32(23)39-31)38-27-9-7-20(17-24(27)33-30(38)5-3-13-36-33)37-28-11-14-34-18-25(28)26-19-35-15-12-29(26)37/h1-19H. The van der Waals surface area contributed by atoms with Gasteiger partial charge in [0.1, 0.15) is 0 Å². The van der Waals surface area contributed by atoms with Crippen molar-refractivity contribution in [2.24, 2.45) is 0 Å². The molecule has 0 unspecified atom stereocenters. The van der Waals surface area contributed by atoms with Crippen molar-refractivity contribution in [3.05, 3.63) is 116 Å². The number of pyridine rings is 3. The first kappa shape index (κ1) is 20.9. The maximum atomic E-state index is 4.86. The van der Waals surface area contributed by atoms with E-state index in [4.69, 9.17) is 4.98 Å². The molecule has 0 aliphatic rings. The van der Waals surface area contributed by atoms with Gasteiger partial charge in [0.2, 0.25) is 0 Å². The summed E-state index contributed by atoms with van der Waals surface area (Å²) in [5, 5.41) is 5.90. The molecule has 0 aliphatic heterocycles. The fourth-order valence-corrected chi connectivity index (χ4v) is 7.17. The second-order valence-corrected chi connectivity index (χ2v) is 10.9. The van der Waals surface area contributed by atoms with Gasteiger partial charge in [0, 0.05) is 78.7 Å². The molecule has 3 aromatic carbocycles. The van der Waals surface area contributed by atoms with Gasteiger partial charge >= 0.3 is 0 Å². The summed E-state index contributed by atoms with van der Waals surface area (Å²) >= 11 is 1.84. The van der Waals surface area contributed by atoms with Gasteiger partial charge in [0.05, 0.1) is 27.6 Å². The molecule has 0 aliphatic carbocycles. The molecule has 9 rings (SSSR count). The van der Waals surface area contributed by atoms with Gasteiger partial charge in [-0.1, -0.05) is 18.2 Å². The first-order chi connectivity index (χ1) is 19.3. The van der Waals surface area contributed by atoms with Crippen LogP contribution in [0.2, 0.25) is 0 Å². The highest BCUT2D eigenvalue weighted by atomic mass is 32.1. The molecule has 6 heterocycles. The minimum Gasteiger partial charge on any atom is -0.309 e. The Kier molecular flexibility index (Phi) is 4.14. The maximum absolute atomic E-state index is 4.86. The molecule has 0 radical (unpaired) electrons. The van der Waals surface area contributed by atoms with Crippen LogP contribution in [0.4, 0.5) is 0 Å². The summed E-state index contributed by atoms with van der Waals surface area (Å²) in [6.07, 6.45) is 9.42. The minimum atomic E-state index is 0.994. The third kappa shape index (κ3) is 2.86. The molecule has 182 valence electrons. The normalized spacial score (nSPS) is 12.1. The van der Waals surface area contributed by atoms with E-state index in [-0.39, 0.29) is 0 Å². The van der Waals surface area contributed by atoms with Crippen LogP contribution in [0.5, 0.6) is 0 Å². The van der Waals surface area contributed by atoms with Crippen LogP contribution in [0, 0.1) is 0 Å². The van der Waals surface area contributed by atoms with Crippen molar-refractivity contribution in [1.82, 2.24) is 24.1 Å². The summed E-state index contributed by atoms with van der Waals surface area (Å²) in [7, 11) is 0. The van der Waals surface area contributed by atoms with E-state index in [0.717, 1.165) is 55.1 Å². The van der Waals surface area contributed by atoms with E-state index < -0.39 is 0 Å². The largest absolute Gasteiger partial charge is 0.309 e. The summed E-state index contributed by atoms with van der Waals surface area (Å²) < 4.78 is 7.25. The molecule has 0 fully saturated rings. The number of nitrogens with zero attached hydrogens (tertiary/aromatic N) is 5. The average Bonchev–Trinajstić information content (AvgIpc) is 3.64. The molecule has 5 nitrogen and oxygen atoms in total. The number of thiophene rings is 1. The average molecular weight is 518 g/mol. The molecule has 0 bridgehead atoms. The number of rotatable bonds is 2. The Labute approximate surface area is 226 Å². The number of hydrogen-bond acceptors (Lipinski definition) is 4. The molecule has 0 amide bonds. The molecule has 6 aromatic heterocycles. The minimum absolute atomic E-state index is 0.994. The van der Waals surface area contributed by atoms with Gasteiger partial charge in [-0.3, -0.25) is 15.0 Å². The van der Waals surface area contributed by atoms with Gasteiger partial charge in [0.25, 0.3) is 0 Å². The zero-order chi connectivity index (χ0) is 25.5. The van der Waals surface area contributed by atoms with Crippen LogP contribution in [0.25, 0.3) is 75.3 Å². The number of hydrogen-bond donors (Lipinski definition) is 0.